The molecule has 1 heteroatoms. The number of para-hydroxylation sites is 1. The lowest BCUT2D eigenvalue weighted by molar-refractivity contribution is 0.892. The lowest BCUT2D eigenvalue weighted by Crippen LogP contribution is -2.08. The molecule has 0 amide bonds. The quantitative estimate of drug-likeness (QED) is 0.672. The number of aryl methyl sites for hydroxylation is 1. The summed E-state index contributed by atoms with van der Waals surface area (Å²) in [5, 5.41) is 6.24. The zero-order valence-electron chi connectivity index (χ0n) is 11.9. The van der Waals surface area contributed by atoms with E-state index in [0.717, 1.165) is 0 Å². The summed E-state index contributed by atoms with van der Waals surface area (Å²) in [5.41, 5.74) is 3.82. The highest BCUT2D eigenvalue weighted by molar-refractivity contribution is 5.86. The summed E-state index contributed by atoms with van der Waals surface area (Å²) < 4.78 is 0. The Morgan fingerprint density at radius 1 is 0.800 bits per heavy atom. The van der Waals surface area contributed by atoms with Crippen molar-refractivity contribution in [1.82, 2.24) is 0 Å². The molecule has 0 unspecified atom stereocenters. The molecule has 0 bridgehead atoms. The molecule has 0 aliphatic heterocycles. The molecule has 3 aromatic carbocycles. The highest BCUT2D eigenvalue weighted by Crippen LogP contribution is 2.27. The maximum Gasteiger partial charge on any atom is 0.0491 e. The van der Waals surface area contributed by atoms with Crippen molar-refractivity contribution in [3.63, 3.8) is 0 Å². The summed E-state index contributed by atoms with van der Waals surface area (Å²) in [6.45, 7) is 4.35. The summed E-state index contributed by atoms with van der Waals surface area (Å²) >= 11 is 0. The zero-order valence-corrected chi connectivity index (χ0v) is 11.9. The van der Waals surface area contributed by atoms with Crippen LogP contribution in [0, 0.1) is 6.92 Å². The molecule has 3 rings (SSSR count). The fraction of sp³-hybridized carbons (Fsp3) is 0.158. The molecule has 0 spiro atoms. The third kappa shape index (κ3) is 2.39. The molecule has 1 atom stereocenters. The number of hydrogen-bond acceptors (Lipinski definition) is 1. The van der Waals surface area contributed by atoms with E-state index in [1.165, 1.54) is 27.6 Å². The van der Waals surface area contributed by atoms with Gasteiger partial charge in [0, 0.05) is 11.7 Å². The summed E-state index contributed by atoms with van der Waals surface area (Å²) in [6, 6.07) is 23.8. The maximum absolute atomic E-state index is 3.62. The van der Waals surface area contributed by atoms with Crippen molar-refractivity contribution in [3.05, 3.63) is 77.9 Å². The summed E-state index contributed by atoms with van der Waals surface area (Å²) in [7, 11) is 0. The van der Waals surface area contributed by atoms with E-state index in [-0.39, 0.29) is 6.04 Å². The number of rotatable bonds is 3. The van der Waals surface area contributed by atoms with Crippen molar-refractivity contribution in [1.29, 1.82) is 0 Å². The fourth-order valence-corrected chi connectivity index (χ4v) is 2.67. The van der Waals surface area contributed by atoms with Gasteiger partial charge in [0.1, 0.15) is 0 Å². The van der Waals surface area contributed by atoms with Gasteiger partial charge in [-0.25, -0.2) is 0 Å². The van der Waals surface area contributed by atoms with E-state index < -0.39 is 0 Å². The minimum Gasteiger partial charge on any atom is -0.378 e. The average molecular weight is 261 g/mol. The molecule has 0 saturated heterocycles. The molecule has 20 heavy (non-hydrogen) atoms. The van der Waals surface area contributed by atoms with Crippen LogP contribution in [0.15, 0.2) is 66.7 Å². The highest BCUT2D eigenvalue weighted by Gasteiger charge is 2.09. The van der Waals surface area contributed by atoms with Crippen LogP contribution < -0.4 is 5.32 Å². The van der Waals surface area contributed by atoms with Gasteiger partial charge in [-0.3, -0.25) is 0 Å². The molecule has 3 aromatic rings. The molecule has 100 valence electrons. The van der Waals surface area contributed by atoms with E-state index in [2.05, 4.69) is 85.9 Å². The molecule has 1 nitrogen and oxygen atoms in total. The molecule has 0 saturated carbocycles. The average Bonchev–Trinajstić information content (AvgIpc) is 2.49. The van der Waals surface area contributed by atoms with Crippen LogP contribution in [0.5, 0.6) is 0 Å². The van der Waals surface area contributed by atoms with Crippen molar-refractivity contribution < 1.29 is 0 Å². The van der Waals surface area contributed by atoms with Crippen LogP contribution in [0.3, 0.4) is 0 Å². The second-order valence-electron chi connectivity index (χ2n) is 5.25. The van der Waals surface area contributed by atoms with Gasteiger partial charge in [-0.05, 0) is 41.8 Å². The number of nitrogens with one attached hydrogen (secondary N) is 1. The third-order valence-electron chi connectivity index (χ3n) is 3.81. The van der Waals surface area contributed by atoms with Crippen molar-refractivity contribution in [2.45, 2.75) is 19.9 Å². The van der Waals surface area contributed by atoms with Crippen LogP contribution in [-0.2, 0) is 0 Å². The van der Waals surface area contributed by atoms with Gasteiger partial charge in [-0.2, -0.15) is 0 Å². The van der Waals surface area contributed by atoms with Gasteiger partial charge in [-0.15, -0.1) is 0 Å². The lowest BCUT2D eigenvalue weighted by atomic mass is 9.99. The molecule has 0 aliphatic carbocycles. The van der Waals surface area contributed by atoms with Gasteiger partial charge in [-0.1, -0.05) is 60.7 Å². The van der Waals surface area contributed by atoms with Crippen LogP contribution >= 0.6 is 0 Å². The minimum absolute atomic E-state index is 0.280. The Hall–Kier alpha value is -2.28. The van der Waals surface area contributed by atoms with Gasteiger partial charge in [0.15, 0.2) is 0 Å². The van der Waals surface area contributed by atoms with Gasteiger partial charge in [0.2, 0.25) is 0 Å². The fourth-order valence-electron chi connectivity index (χ4n) is 2.67. The second-order valence-corrected chi connectivity index (χ2v) is 5.25. The Labute approximate surface area is 120 Å². The first-order valence-corrected chi connectivity index (χ1v) is 7.05. The molecular weight excluding hydrogens is 242 g/mol. The molecule has 0 radical (unpaired) electrons. The van der Waals surface area contributed by atoms with E-state index in [0.29, 0.717) is 0 Å². The van der Waals surface area contributed by atoms with Gasteiger partial charge in [0.25, 0.3) is 0 Å². The van der Waals surface area contributed by atoms with Crippen LogP contribution in [0.2, 0.25) is 0 Å². The first kappa shape index (κ1) is 12.7. The van der Waals surface area contributed by atoms with Crippen LogP contribution in [0.1, 0.15) is 24.1 Å². The molecule has 0 fully saturated rings. The monoisotopic (exact) mass is 261 g/mol. The Morgan fingerprint density at radius 3 is 2.35 bits per heavy atom. The molecular formula is C19H19N. The van der Waals surface area contributed by atoms with Crippen LogP contribution in [-0.4, -0.2) is 0 Å². The molecule has 0 heterocycles. The largest absolute Gasteiger partial charge is 0.378 e. The predicted octanol–water partition coefficient (Wildman–Crippen LogP) is 5.32. The Bertz CT molecular complexity index is 725. The standard InChI is InChI=1S/C19H19N/c1-14-8-3-6-13-19(14)20-15(2)17-12-7-10-16-9-4-5-11-18(16)17/h3-13,15,20H,1-2H3/t15-/m1/s1. The minimum atomic E-state index is 0.280. The van der Waals surface area contributed by atoms with Crippen LogP contribution in [0.25, 0.3) is 10.8 Å². The van der Waals surface area contributed by atoms with E-state index in [1.807, 2.05) is 0 Å². The lowest BCUT2D eigenvalue weighted by Gasteiger charge is -2.19. The van der Waals surface area contributed by atoms with Crippen LogP contribution in [0.4, 0.5) is 5.69 Å². The van der Waals surface area contributed by atoms with Gasteiger partial charge in [0.05, 0.1) is 0 Å². The Kier molecular flexibility index (Phi) is 3.42. The molecule has 0 aromatic heterocycles. The first-order chi connectivity index (χ1) is 9.75. The summed E-state index contributed by atoms with van der Waals surface area (Å²) in [5.74, 6) is 0. The van der Waals surface area contributed by atoms with Crippen molar-refractivity contribution >= 4 is 16.5 Å². The van der Waals surface area contributed by atoms with E-state index in [4.69, 9.17) is 0 Å². The first-order valence-electron chi connectivity index (χ1n) is 7.05. The molecule has 1 N–H and O–H groups in total. The second kappa shape index (κ2) is 5.38. The van der Waals surface area contributed by atoms with Gasteiger partial charge >= 0.3 is 0 Å². The smallest absolute Gasteiger partial charge is 0.0491 e. The number of benzene rings is 3. The molecule has 0 aliphatic rings. The van der Waals surface area contributed by atoms with E-state index in [1.54, 1.807) is 0 Å². The topological polar surface area (TPSA) is 12.0 Å². The SMILES string of the molecule is Cc1ccccc1N[C@H](C)c1cccc2ccccc12. The Morgan fingerprint density at radius 2 is 1.50 bits per heavy atom. The van der Waals surface area contributed by atoms with E-state index in [9.17, 15) is 0 Å². The van der Waals surface area contributed by atoms with Gasteiger partial charge < -0.3 is 5.32 Å². The highest BCUT2D eigenvalue weighted by atomic mass is 14.9. The van der Waals surface area contributed by atoms with E-state index >= 15 is 0 Å². The summed E-state index contributed by atoms with van der Waals surface area (Å²) in [4.78, 5) is 0. The Balaban J connectivity index is 1.97. The van der Waals surface area contributed by atoms with Crippen molar-refractivity contribution in [2.75, 3.05) is 5.32 Å². The van der Waals surface area contributed by atoms with Crippen molar-refractivity contribution in [2.24, 2.45) is 0 Å². The normalized spacial score (nSPS) is 12.3. The number of fused-ring (bicyclic) bond motifs is 1. The number of anilines is 1. The van der Waals surface area contributed by atoms with Crippen molar-refractivity contribution in [3.8, 4) is 0 Å². The zero-order chi connectivity index (χ0) is 13.9. The summed E-state index contributed by atoms with van der Waals surface area (Å²) in [6.07, 6.45) is 0. The maximum atomic E-state index is 3.62. The third-order valence-corrected chi connectivity index (χ3v) is 3.81. The number of hydrogen-bond donors (Lipinski definition) is 1. The predicted molar refractivity (Wildman–Crippen MR) is 87.2 cm³/mol.